The molecule has 1 fully saturated rings. The molecule has 1 rings (SSSR count). The summed E-state index contributed by atoms with van der Waals surface area (Å²) in [5.41, 5.74) is 0. The number of rotatable bonds is 7. The van der Waals surface area contributed by atoms with Gasteiger partial charge < -0.3 is 10.2 Å². The highest BCUT2D eigenvalue weighted by Crippen LogP contribution is 2.17. The molecule has 0 aromatic carbocycles. The van der Waals surface area contributed by atoms with E-state index in [9.17, 15) is 0 Å². The highest BCUT2D eigenvalue weighted by atomic mass is 15.1. The van der Waals surface area contributed by atoms with Gasteiger partial charge in [0, 0.05) is 12.1 Å². The fourth-order valence-corrected chi connectivity index (χ4v) is 2.62. The van der Waals surface area contributed by atoms with Crippen LogP contribution in [0.25, 0.3) is 0 Å². The van der Waals surface area contributed by atoms with Crippen molar-refractivity contribution >= 4 is 0 Å². The molecule has 0 spiro atoms. The Bertz CT molecular complexity index is 170. The van der Waals surface area contributed by atoms with Crippen LogP contribution in [0.5, 0.6) is 0 Å². The highest BCUT2D eigenvalue weighted by Gasteiger charge is 2.18. The average molecular weight is 226 g/mol. The van der Waals surface area contributed by atoms with Crippen molar-refractivity contribution in [3.05, 3.63) is 0 Å². The number of piperidine rings is 1. The Morgan fingerprint density at radius 2 is 2.19 bits per heavy atom. The maximum atomic E-state index is 3.66. The molecule has 1 aliphatic heterocycles. The van der Waals surface area contributed by atoms with Gasteiger partial charge in [0.05, 0.1) is 0 Å². The minimum absolute atomic E-state index is 0.703. The van der Waals surface area contributed by atoms with Crippen molar-refractivity contribution in [2.75, 3.05) is 20.1 Å². The van der Waals surface area contributed by atoms with Gasteiger partial charge >= 0.3 is 0 Å². The van der Waals surface area contributed by atoms with Crippen LogP contribution >= 0.6 is 0 Å². The first-order valence-corrected chi connectivity index (χ1v) is 7.17. The van der Waals surface area contributed by atoms with E-state index in [1.165, 1.54) is 58.0 Å². The highest BCUT2D eigenvalue weighted by molar-refractivity contribution is 4.75. The predicted molar refractivity (Wildman–Crippen MR) is 71.9 cm³/mol. The van der Waals surface area contributed by atoms with E-state index in [1.807, 2.05) is 0 Å². The van der Waals surface area contributed by atoms with Gasteiger partial charge in [0.25, 0.3) is 0 Å². The minimum atomic E-state index is 0.703. The maximum Gasteiger partial charge on any atom is 0.0104 e. The second-order valence-electron chi connectivity index (χ2n) is 5.42. The van der Waals surface area contributed by atoms with Gasteiger partial charge in [-0.05, 0) is 52.7 Å². The van der Waals surface area contributed by atoms with E-state index in [0.29, 0.717) is 6.04 Å². The van der Waals surface area contributed by atoms with Crippen LogP contribution in [0.3, 0.4) is 0 Å². The summed E-state index contributed by atoms with van der Waals surface area (Å²) >= 11 is 0. The molecule has 1 aliphatic rings. The van der Waals surface area contributed by atoms with Gasteiger partial charge in [-0.1, -0.05) is 26.2 Å². The Morgan fingerprint density at radius 1 is 1.38 bits per heavy atom. The molecule has 0 bridgehead atoms. The van der Waals surface area contributed by atoms with Crippen molar-refractivity contribution in [3.8, 4) is 0 Å². The van der Waals surface area contributed by atoms with Crippen LogP contribution in [0.2, 0.25) is 0 Å². The topological polar surface area (TPSA) is 15.3 Å². The quantitative estimate of drug-likeness (QED) is 0.718. The molecular weight excluding hydrogens is 196 g/mol. The summed E-state index contributed by atoms with van der Waals surface area (Å²) < 4.78 is 0. The van der Waals surface area contributed by atoms with Gasteiger partial charge in [0.15, 0.2) is 0 Å². The largest absolute Gasteiger partial charge is 0.314 e. The average Bonchev–Trinajstić information content (AvgIpc) is 2.29. The fourth-order valence-electron chi connectivity index (χ4n) is 2.62. The molecule has 2 atom stereocenters. The molecule has 96 valence electrons. The number of nitrogens with zero attached hydrogens (tertiary/aromatic N) is 1. The van der Waals surface area contributed by atoms with Gasteiger partial charge in [-0.3, -0.25) is 0 Å². The van der Waals surface area contributed by atoms with E-state index in [2.05, 4.69) is 31.1 Å². The van der Waals surface area contributed by atoms with Crippen LogP contribution in [0.1, 0.15) is 58.8 Å². The smallest absolute Gasteiger partial charge is 0.0104 e. The molecular formula is C14H30N2. The van der Waals surface area contributed by atoms with E-state index in [1.54, 1.807) is 0 Å². The van der Waals surface area contributed by atoms with Crippen LogP contribution in [-0.4, -0.2) is 37.1 Å². The molecule has 0 saturated carbocycles. The Hall–Kier alpha value is -0.0800. The summed E-state index contributed by atoms with van der Waals surface area (Å²) in [5, 5.41) is 3.66. The molecule has 0 aliphatic carbocycles. The molecule has 0 radical (unpaired) electrons. The Balaban J connectivity index is 2.05. The lowest BCUT2D eigenvalue weighted by Crippen LogP contribution is -2.39. The first kappa shape index (κ1) is 14.0. The summed E-state index contributed by atoms with van der Waals surface area (Å²) in [5.74, 6) is 0. The lowest BCUT2D eigenvalue weighted by atomic mass is 10.00. The number of likely N-dealkylation sites (tertiary alicyclic amines) is 1. The minimum Gasteiger partial charge on any atom is -0.314 e. The number of hydrogen-bond donors (Lipinski definition) is 1. The van der Waals surface area contributed by atoms with Gasteiger partial charge in [-0.25, -0.2) is 0 Å². The third kappa shape index (κ3) is 5.31. The predicted octanol–water partition coefficient (Wildman–Crippen LogP) is 3.03. The summed E-state index contributed by atoms with van der Waals surface area (Å²) in [6.45, 7) is 7.08. The first-order chi connectivity index (χ1) is 7.74. The Kier molecular flexibility index (Phi) is 7.06. The van der Waals surface area contributed by atoms with Gasteiger partial charge in [-0.2, -0.15) is 0 Å². The molecule has 1 heterocycles. The molecule has 2 unspecified atom stereocenters. The van der Waals surface area contributed by atoms with Crippen LogP contribution in [0, 0.1) is 0 Å². The van der Waals surface area contributed by atoms with Crippen molar-refractivity contribution in [2.45, 2.75) is 70.9 Å². The molecule has 2 nitrogen and oxygen atoms in total. The standard InChI is InChI=1S/C14H30N2/c1-4-5-8-13(2)15-11-10-14-9-6-7-12-16(14)3/h13-15H,4-12H2,1-3H3. The van der Waals surface area contributed by atoms with E-state index in [4.69, 9.17) is 0 Å². The van der Waals surface area contributed by atoms with Crippen LogP contribution < -0.4 is 5.32 Å². The first-order valence-electron chi connectivity index (χ1n) is 7.17. The zero-order chi connectivity index (χ0) is 11.8. The second kappa shape index (κ2) is 8.08. The second-order valence-corrected chi connectivity index (χ2v) is 5.42. The summed E-state index contributed by atoms with van der Waals surface area (Å²) in [6.07, 6.45) is 9.56. The third-order valence-corrected chi connectivity index (χ3v) is 3.88. The van der Waals surface area contributed by atoms with E-state index in [0.717, 1.165) is 6.04 Å². The third-order valence-electron chi connectivity index (χ3n) is 3.88. The van der Waals surface area contributed by atoms with Crippen molar-refractivity contribution in [1.29, 1.82) is 0 Å². The van der Waals surface area contributed by atoms with Crippen molar-refractivity contribution in [1.82, 2.24) is 10.2 Å². The monoisotopic (exact) mass is 226 g/mol. The van der Waals surface area contributed by atoms with E-state index in [-0.39, 0.29) is 0 Å². The maximum absolute atomic E-state index is 3.66. The zero-order valence-corrected chi connectivity index (χ0v) is 11.5. The summed E-state index contributed by atoms with van der Waals surface area (Å²) in [6, 6.07) is 1.54. The zero-order valence-electron chi connectivity index (χ0n) is 11.5. The molecule has 1 N–H and O–H groups in total. The van der Waals surface area contributed by atoms with Gasteiger partial charge in [-0.15, -0.1) is 0 Å². The Labute approximate surface area is 102 Å². The van der Waals surface area contributed by atoms with Crippen molar-refractivity contribution in [3.63, 3.8) is 0 Å². The number of unbranched alkanes of at least 4 members (excludes halogenated alkanes) is 1. The molecule has 2 heteroatoms. The van der Waals surface area contributed by atoms with Crippen molar-refractivity contribution < 1.29 is 0 Å². The molecule has 0 aromatic heterocycles. The van der Waals surface area contributed by atoms with Crippen LogP contribution in [0.4, 0.5) is 0 Å². The van der Waals surface area contributed by atoms with Crippen LogP contribution in [0.15, 0.2) is 0 Å². The van der Waals surface area contributed by atoms with Crippen molar-refractivity contribution in [2.24, 2.45) is 0 Å². The normalized spacial score (nSPS) is 24.6. The number of hydrogen-bond acceptors (Lipinski definition) is 2. The lowest BCUT2D eigenvalue weighted by Gasteiger charge is -2.32. The fraction of sp³-hybridized carbons (Fsp3) is 1.00. The van der Waals surface area contributed by atoms with Crippen LogP contribution in [-0.2, 0) is 0 Å². The van der Waals surface area contributed by atoms with Gasteiger partial charge in [0.1, 0.15) is 0 Å². The summed E-state index contributed by atoms with van der Waals surface area (Å²) in [7, 11) is 2.28. The van der Waals surface area contributed by atoms with Gasteiger partial charge in [0.2, 0.25) is 0 Å². The molecule has 0 aromatic rings. The van der Waals surface area contributed by atoms with E-state index < -0.39 is 0 Å². The SMILES string of the molecule is CCCCC(C)NCCC1CCCCN1C. The van der Waals surface area contributed by atoms with E-state index >= 15 is 0 Å². The Morgan fingerprint density at radius 3 is 2.88 bits per heavy atom. The lowest BCUT2D eigenvalue weighted by molar-refractivity contribution is 0.174. The molecule has 1 saturated heterocycles. The summed E-state index contributed by atoms with van der Waals surface area (Å²) in [4.78, 5) is 2.54. The number of nitrogens with one attached hydrogen (secondary N) is 1. The molecule has 16 heavy (non-hydrogen) atoms. The molecule has 0 amide bonds.